The number of hydrogen-bond donors (Lipinski definition) is 2. The molecule has 1 unspecified atom stereocenters. The van der Waals surface area contributed by atoms with Crippen LogP contribution in [0.25, 0.3) is 0 Å². The van der Waals surface area contributed by atoms with Gasteiger partial charge in [-0.3, -0.25) is 10.1 Å². The van der Waals surface area contributed by atoms with Crippen LogP contribution in [-0.4, -0.2) is 48.2 Å². The molecule has 0 spiro atoms. The fourth-order valence-corrected chi connectivity index (χ4v) is 1.38. The summed E-state index contributed by atoms with van der Waals surface area (Å²) in [6.07, 6.45) is 0. The summed E-state index contributed by atoms with van der Waals surface area (Å²) in [4.78, 5) is 13.1. The predicted molar refractivity (Wildman–Crippen MR) is 62.0 cm³/mol. The molecule has 0 aromatic rings. The Morgan fingerprint density at radius 3 is 2.33 bits per heavy atom. The molecule has 0 aliphatic carbocycles. The quantitative estimate of drug-likeness (QED) is 0.591. The third-order valence-electron chi connectivity index (χ3n) is 2.41. The lowest BCUT2D eigenvalue weighted by atomic mass is 10.1. The molecule has 0 aromatic carbocycles. The van der Waals surface area contributed by atoms with Crippen molar-refractivity contribution >= 4 is 5.97 Å². The first-order valence-corrected chi connectivity index (χ1v) is 5.36. The molecule has 2 N–H and O–H groups in total. The second-order valence-electron chi connectivity index (χ2n) is 3.60. The summed E-state index contributed by atoms with van der Waals surface area (Å²) in [6.45, 7) is 13.1. The smallest absolute Gasteiger partial charge is 0.324 e. The Labute approximate surface area is 92.0 Å². The highest BCUT2D eigenvalue weighted by molar-refractivity contribution is 5.77. The van der Waals surface area contributed by atoms with Crippen LogP contribution < -0.4 is 5.32 Å². The molecule has 0 bridgehead atoms. The maximum absolute atomic E-state index is 10.8. The van der Waals surface area contributed by atoms with Crippen molar-refractivity contribution in [3.63, 3.8) is 0 Å². The number of hydrogen-bond acceptors (Lipinski definition) is 3. The molecule has 0 aromatic heterocycles. The lowest BCUT2D eigenvalue weighted by molar-refractivity contribution is -0.138. The van der Waals surface area contributed by atoms with Crippen molar-refractivity contribution in [3.05, 3.63) is 12.2 Å². The molecule has 0 amide bonds. The van der Waals surface area contributed by atoms with Crippen LogP contribution in [0.3, 0.4) is 0 Å². The third kappa shape index (κ3) is 5.54. The van der Waals surface area contributed by atoms with Gasteiger partial charge in [-0.05, 0) is 20.0 Å². The Kier molecular flexibility index (Phi) is 6.99. The first-order valence-electron chi connectivity index (χ1n) is 5.36. The summed E-state index contributed by atoms with van der Waals surface area (Å²) in [5, 5.41) is 11.9. The van der Waals surface area contributed by atoms with Gasteiger partial charge in [0, 0.05) is 13.1 Å². The summed E-state index contributed by atoms with van der Waals surface area (Å²) >= 11 is 0. The number of nitrogens with one attached hydrogen (secondary N) is 1. The van der Waals surface area contributed by atoms with Gasteiger partial charge in [-0.1, -0.05) is 26.0 Å². The van der Waals surface area contributed by atoms with Crippen molar-refractivity contribution in [2.24, 2.45) is 0 Å². The van der Waals surface area contributed by atoms with Crippen LogP contribution in [0.5, 0.6) is 0 Å². The topological polar surface area (TPSA) is 52.6 Å². The van der Waals surface area contributed by atoms with Gasteiger partial charge in [0.25, 0.3) is 0 Å². The molecule has 0 fully saturated rings. The Morgan fingerprint density at radius 2 is 2.00 bits per heavy atom. The summed E-state index contributed by atoms with van der Waals surface area (Å²) in [6, 6.07) is -0.624. The van der Waals surface area contributed by atoms with E-state index >= 15 is 0 Å². The zero-order valence-corrected chi connectivity index (χ0v) is 9.92. The van der Waals surface area contributed by atoms with E-state index in [1.165, 1.54) is 0 Å². The van der Waals surface area contributed by atoms with Crippen LogP contribution in [0.2, 0.25) is 0 Å². The maximum Gasteiger partial charge on any atom is 0.324 e. The van der Waals surface area contributed by atoms with Gasteiger partial charge in [0.15, 0.2) is 0 Å². The van der Waals surface area contributed by atoms with Gasteiger partial charge in [-0.2, -0.15) is 0 Å². The van der Waals surface area contributed by atoms with Crippen molar-refractivity contribution in [2.75, 3.05) is 26.2 Å². The van der Waals surface area contributed by atoms with Crippen LogP contribution in [0.4, 0.5) is 0 Å². The fourth-order valence-electron chi connectivity index (χ4n) is 1.38. The van der Waals surface area contributed by atoms with Crippen LogP contribution in [0.1, 0.15) is 20.8 Å². The molecule has 4 heteroatoms. The zero-order valence-electron chi connectivity index (χ0n) is 9.92. The minimum Gasteiger partial charge on any atom is -0.480 e. The van der Waals surface area contributed by atoms with Crippen molar-refractivity contribution in [1.29, 1.82) is 0 Å². The molecular weight excluding hydrogens is 192 g/mol. The Balaban J connectivity index is 3.91. The average molecular weight is 214 g/mol. The van der Waals surface area contributed by atoms with E-state index in [0.717, 1.165) is 19.6 Å². The summed E-state index contributed by atoms with van der Waals surface area (Å²) < 4.78 is 0. The number of nitrogens with zero attached hydrogens (tertiary/aromatic N) is 1. The summed E-state index contributed by atoms with van der Waals surface area (Å²) in [7, 11) is 0. The number of rotatable bonds is 8. The van der Waals surface area contributed by atoms with Crippen LogP contribution in [-0.2, 0) is 4.79 Å². The number of carbonyl (C=O) groups is 1. The summed E-state index contributed by atoms with van der Waals surface area (Å²) in [5.74, 6) is -0.859. The first-order chi connectivity index (χ1) is 7.02. The van der Waals surface area contributed by atoms with E-state index in [0.29, 0.717) is 12.1 Å². The van der Waals surface area contributed by atoms with E-state index in [9.17, 15) is 4.79 Å². The number of carboxylic acids is 1. The van der Waals surface area contributed by atoms with Crippen molar-refractivity contribution in [3.8, 4) is 0 Å². The van der Waals surface area contributed by atoms with Gasteiger partial charge < -0.3 is 10.0 Å². The minimum atomic E-state index is -0.859. The SMILES string of the molecule is C=C(C)C(NCCN(CC)CC)C(=O)O. The highest BCUT2D eigenvalue weighted by Gasteiger charge is 2.16. The Bertz CT molecular complexity index is 199. The molecule has 0 radical (unpaired) electrons. The summed E-state index contributed by atoms with van der Waals surface area (Å²) in [5.41, 5.74) is 0.641. The highest BCUT2D eigenvalue weighted by Crippen LogP contribution is 1.97. The molecule has 1 atom stereocenters. The van der Waals surface area contributed by atoms with E-state index in [1.54, 1.807) is 6.92 Å². The van der Waals surface area contributed by atoms with E-state index in [2.05, 4.69) is 30.6 Å². The van der Waals surface area contributed by atoms with Gasteiger partial charge >= 0.3 is 5.97 Å². The van der Waals surface area contributed by atoms with Gasteiger partial charge in [-0.15, -0.1) is 0 Å². The molecule has 4 nitrogen and oxygen atoms in total. The monoisotopic (exact) mass is 214 g/mol. The number of aliphatic carboxylic acids is 1. The highest BCUT2D eigenvalue weighted by atomic mass is 16.4. The van der Waals surface area contributed by atoms with E-state index < -0.39 is 12.0 Å². The van der Waals surface area contributed by atoms with Crippen LogP contribution in [0, 0.1) is 0 Å². The van der Waals surface area contributed by atoms with Gasteiger partial charge in [-0.25, -0.2) is 0 Å². The van der Waals surface area contributed by atoms with Crippen LogP contribution in [0.15, 0.2) is 12.2 Å². The largest absolute Gasteiger partial charge is 0.480 e. The minimum absolute atomic E-state index is 0.624. The lowest BCUT2D eigenvalue weighted by Crippen LogP contribution is -2.41. The van der Waals surface area contributed by atoms with Gasteiger partial charge in [0.2, 0.25) is 0 Å². The molecule has 0 saturated heterocycles. The standard InChI is InChI=1S/C11H22N2O2/c1-5-13(6-2)8-7-12-10(9(3)4)11(14)15/h10,12H,3,5-8H2,1-2,4H3,(H,14,15). The van der Waals surface area contributed by atoms with E-state index in [1.807, 2.05) is 0 Å². The molecule has 0 rings (SSSR count). The lowest BCUT2D eigenvalue weighted by Gasteiger charge is -2.20. The van der Waals surface area contributed by atoms with Gasteiger partial charge in [0.1, 0.15) is 6.04 Å². The first kappa shape index (κ1) is 14.1. The van der Waals surface area contributed by atoms with Crippen molar-refractivity contribution in [2.45, 2.75) is 26.8 Å². The average Bonchev–Trinajstić information content (AvgIpc) is 2.17. The van der Waals surface area contributed by atoms with E-state index in [4.69, 9.17) is 5.11 Å². The van der Waals surface area contributed by atoms with Crippen LogP contribution >= 0.6 is 0 Å². The Hall–Kier alpha value is -0.870. The zero-order chi connectivity index (χ0) is 11.8. The predicted octanol–water partition coefficient (Wildman–Crippen LogP) is 0.947. The second-order valence-corrected chi connectivity index (χ2v) is 3.60. The molecule has 0 saturated carbocycles. The fraction of sp³-hybridized carbons (Fsp3) is 0.727. The Morgan fingerprint density at radius 1 is 1.47 bits per heavy atom. The molecule has 0 heterocycles. The second kappa shape index (κ2) is 7.43. The number of carboxylic acid groups (broad SMARTS) is 1. The molecule has 0 aliphatic rings. The number of likely N-dealkylation sites (N-methyl/N-ethyl adjacent to an activating group) is 1. The van der Waals surface area contributed by atoms with E-state index in [-0.39, 0.29) is 0 Å². The third-order valence-corrected chi connectivity index (χ3v) is 2.41. The van der Waals surface area contributed by atoms with Gasteiger partial charge in [0.05, 0.1) is 0 Å². The molecular formula is C11H22N2O2. The normalized spacial score (nSPS) is 12.8. The molecule has 88 valence electrons. The van der Waals surface area contributed by atoms with Crippen molar-refractivity contribution < 1.29 is 9.90 Å². The molecule has 0 aliphatic heterocycles. The van der Waals surface area contributed by atoms with Crippen molar-refractivity contribution in [1.82, 2.24) is 10.2 Å². The maximum atomic E-state index is 10.8. The molecule has 15 heavy (non-hydrogen) atoms.